The summed E-state index contributed by atoms with van der Waals surface area (Å²) in [5.74, 6) is 0.351. The predicted molar refractivity (Wildman–Crippen MR) is 88.3 cm³/mol. The fourth-order valence-corrected chi connectivity index (χ4v) is 3.22. The Kier molecular flexibility index (Phi) is 8.63. The van der Waals surface area contributed by atoms with Crippen molar-refractivity contribution in [3.05, 3.63) is 35.9 Å². The lowest BCUT2D eigenvalue weighted by molar-refractivity contribution is 0.0784. The van der Waals surface area contributed by atoms with Crippen molar-refractivity contribution in [1.29, 1.82) is 0 Å². The molecule has 1 aromatic carbocycles. The lowest BCUT2D eigenvalue weighted by Crippen LogP contribution is -2.33. The number of rotatable bonds is 11. The van der Waals surface area contributed by atoms with Crippen LogP contribution in [0.4, 0.5) is 0 Å². The van der Waals surface area contributed by atoms with Gasteiger partial charge < -0.3 is 9.47 Å². The van der Waals surface area contributed by atoms with Crippen LogP contribution in [0.15, 0.2) is 30.3 Å². The molecular formula is C16H27NO4S. The third-order valence-corrected chi connectivity index (χ3v) is 4.51. The first-order valence-corrected chi connectivity index (χ1v) is 9.21. The van der Waals surface area contributed by atoms with Crippen molar-refractivity contribution in [2.45, 2.75) is 26.3 Å². The summed E-state index contributed by atoms with van der Waals surface area (Å²) < 4.78 is 37.3. The number of methoxy groups -OCH3 is 1. The zero-order valence-corrected chi connectivity index (χ0v) is 14.4. The Hall–Kier alpha value is -0.950. The molecule has 5 nitrogen and oxygen atoms in total. The van der Waals surface area contributed by atoms with Crippen LogP contribution in [-0.4, -0.2) is 41.1 Å². The standard InChI is InChI=1S/C16H27NO4S/c1-14(2)13-16(15-7-5-4-6-8-15)17-22(18,19)12-11-21-10-9-20-3/h4-8,14,16-17H,9-13H2,1-3H3/t16-/m0/s1. The predicted octanol–water partition coefficient (Wildman–Crippen LogP) is 2.36. The van der Waals surface area contributed by atoms with E-state index >= 15 is 0 Å². The monoisotopic (exact) mass is 329 g/mol. The largest absolute Gasteiger partial charge is 0.382 e. The van der Waals surface area contributed by atoms with Crippen LogP contribution in [0.2, 0.25) is 0 Å². The Labute approximate surface area is 134 Å². The van der Waals surface area contributed by atoms with Gasteiger partial charge in [0.2, 0.25) is 10.0 Å². The topological polar surface area (TPSA) is 64.6 Å². The SMILES string of the molecule is COCCOCCS(=O)(=O)N[C@@H](CC(C)C)c1ccccc1. The fourth-order valence-electron chi connectivity index (χ4n) is 2.10. The van der Waals surface area contributed by atoms with Gasteiger partial charge in [-0.2, -0.15) is 0 Å². The van der Waals surface area contributed by atoms with E-state index in [1.54, 1.807) is 7.11 Å². The molecule has 0 spiro atoms. The molecule has 22 heavy (non-hydrogen) atoms. The average molecular weight is 329 g/mol. The second kappa shape index (κ2) is 9.94. The highest BCUT2D eigenvalue weighted by molar-refractivity contribution is 7.89. The van der Waals surface area contributed by atoms with Crippen LogP contribution in [0.25, 0.3) is 0 Å². The van der Waals surface area contributed by atoms with Gasteiger partial charge in [0.25, 0.3) is 0 Å². The van der Waals surface area contributed by atoms with Crippen molar-refractivity contribution in [3.63, 3.8) is 0 Å². The maximum atomic E-state index is 12.2. The average Bonchev–Trinajstić information content (AvgIpc) is 2.46. The molecule has 1 aromatic rings. The van der Waals surface area contributed by atoms with Gasteiger partial charge in [-0.15, -0.1) is 0 Å². The molecule has 0 amide bonds. The molecule has 126 valence electrons. The molecule has 0 aliphatic carbocycles. The van der Waals surface area contributed by atoms with Crippen molar-refractivity contribution in [1.82, 2.24) is 4.72 Å². The molecular weight excluding hydrogens is 302 g/mol. The van der Waals surface area contributed by atoms with E-state index in [0.29, 0.717) is 19.1 Å². The lowest BCUT2D eigenvalue weighted by Gasteiger charge is -2.21. The minimum Gasteiger partial charge on any atom is -0.382 e. The minimum absolute atomic E-state index is 0.0435. The van der Waals surface area contributed by atoms with E-state index in [9.17, 15) is 8.42 Å². The van der Waals surface area contributed by atoms with Gasteiger partial charge >= 0.3 is 0 Å². The van der Waals surface area contributed by atoms with Crippen LogP contribution in [0.5, 0.6) is 0 Å². The van der Waals surface area contributed by atoms with Gasteiger partial charge in [0.05, 0.1) is 25.6 Å². The van der Waals surface area contributed by atoms with Gasteiger partial charge in [-0.1, -0.05) is 44.2 Å². The van der Waals surface area contributed by atoms with E-state index in [2.05, 4.69) is 18.6 Å². The van der Waals surface area contributed by atoms with E-state index in [4.69, 9.17) is 9.47 Å². The molecule has 0 aliphatic heterocycles. The van der Waals surface area contributed by atoms with Crippen LogP contribution in [0.1, 0.15) is 31.9 Å². The number of benzene rings is 1. The number of ether oxygens (including phenoxy) is 2. The maximum absolute atomic E-state index is 12.2. The molecule has 0 saturated heterocycles. The molecule has 0 radical (unpaired) electrons. The number of hydrogen-bond donors (Lipinski definition) is 1. The Morgan fingerprint density at radius 3 is 2.36 bits per heavy atom. The van der Waals surface area contributed by atoms with Crippen LogP contribution < -0.4 is 4.72 Å². The van der Waals surface area contributed by atoms with Crippen LogP contribution >= 0.6 is 0 Å². The molecule has 0 aromatic heterocycles. The highest BCUT2D eigenvalue weighted by Gasteiger charge is 2.20. The molecule has 0 saturated carbocycles. The number of nitrogens with one attached hydrogen (secondary N) is 1. The van der Waals surface area contributed by atoms with E-state index in [1.807, 2.05) is 30.3 Å². The molecule has 6 heteroatoms. The van der Waals surface area contributed by atoms with Gasteiger partial charge in [-0.25, -0.2) is 13.1 Å². The van der Waals surface area contributed by atoms with Gasteiger partial charge in [-0.3, -0.25) is 0 Å². The van der Waals surface area contributed by atoms with Crippen molar-refractivity contribution < 1.29 is 17.9 Å². The molecule has 0 fully saturated rings. The third-order valence-electron chi connectivity index (χ3n) is 3.16. The first kappa shape index (κ1) is 19.1. The van der Waals surface area contributed by atoms with Crippen LogP contribution in [0.3, 0.4) is 0 Å². The molecule has 1 N–H and O–H groups in total. The van der Waals surface area contributed by atoms with Gasteiger partial charge in [0.1, 0.15) is 0 Å². The van der Waals surface area contributed by atoms with E-state index in [1.165, 1.54) is 0 Å². The summed E-state index contributed by atoms with van der Waals surface area (Å²) in [5, 5.41) is 0. The summed E-state index contributed by atoms with van der Waals surface area (Å²) in [7, 11) is -1.80. The Morgan fingerprint density at radius 2 is 1.77 bits per heavy atom. The summed E-state index contributed by atoms with van der Waals surface area (Å²) in [6.45, 7) is 5.20. The van der Waals surface area contributed by atoms with Gasteiger partial charge in [-0.05, 0) is 17.9 Å². The van der Waals surface area contributed by atoms with Crippen molar-refractivity contribution >= 4 is 10.0 Å². The number of hydrogen-bond acceptors (Lipinski definition) is 4. The fraction of sp³-hybridized carbons (Fsp3) is 0.625. The third kappa shape index (κ3) is 7.89. The quantitative estimate of drug-likeness (QED) is 0.633. The molecule has 0 aliphatic rings. The van der Waals surface area contributed by atoms with E-state index in [0.717, 1.165) is 12.0 Å². The van der Waals surface area contributed by atoms with E-state index < -0.39 is 10.0 Å². The summed E-state index contributed by atoms with van der Waals surface area (Å²) in [4.78, 5) is 0. The van der Waals surface area contributed by atoms with Crippen LogP contribution in [-0.2, 0) is 19.5 Å². The smallest absolute Gasteiger partial charge is 0.214 e. The summed E-state index contributed by atoms with van der Waals surface area (Å²) in [5.41, 5.74) is 0.986. The summed E-state index contributed by atoms with van der Waals surface area (Å²) >= 11 is 0. The molecule has 0 heterocycles. The van der Waals surface area contributed by atoms with Gasteiger partial charge in [0, 0.05) is 13.2 Å². The molecule has 0 unspecified atom stereocenters. The van der Waals surface area contributed by atoms with Crippen molar-refractivity contribution in [2.75, 3.05) is 32.7 Å². The first-order chi connectivity index (χ1) is 10.4. The molecule has 1 rings (SSSR count). The summed E-state index contributed by atoms with van der Waals surface area (Å²) in [6, 6.07) is 9.46. The summed E-state index contributed by atoms with van der Waals surface area (Å²) in [6.07, 6.45) is 0.758. The van der Waals surface area contributed by atoms with E-state index in [-0.39, 0.29) is 18.4 Å². The zero-order valence-electron chi connectivity index (χ0n) is 13.6. The van der Waals surface area contributed by atoms with Crippen molar-refractivity contribution in [2.24, 2.45) is 5.92 Å². The Balaban J connectivity index is 2.60. The van der Waals surface area contributed by atoms with Gasteiger partial charge in [0.15, 0.2) is 0 Å². The minimum atomic E-state index is -3.38. The molecule has 1 atom stereocenters. The zero-order chi connectivity index (χ0) is 16.4. The first-order valence-electron chi connectivity index (χ1n) is 7.56. The van der Waals surface area contributed by atoms with Crippen molar-refractivity contribution in [3.8, 4) is 0 Å². The maximum Gasteiger partial charge on any atom is 0.214 e. The number of sulfonamides is 1. The lowest BCUT2D eigenvalue weighted by atomic mass is 9.98. The Bertz CT molecular complexity index is 502. The highest BCUT2D eigenvalue weighted by Crippen LogP contribution is 2.22. The van der Waals surface area contributed by atoms with Crippen LogP contribution in [0, 0.1) is 5.92 Å². The second-order valence-corrected chi connectivity index (χ2v) is 7.51. The highest BCUT2D eigenvalue weighted by atomic mass is 32.2. The normalized spacial score (nSPS) is 13.5. The Morgan fingerprint density at radius 1 is 1.09 bits per heavy atom. The second-order valence-electron chi connectivity index (χ2n) is 5.63. The molecule has 0 bridgehead atoms.